The van der Waals surface area contributed by atoms with Crippen LogP contribution in [0.1, 0.15) is 16.8 Å². The Morgan fingerprint density at radius 2 is 2.11 bits per heavy atom. The standard InChI is InChI=1S/C12H15N3O3/c1-18-6-2-5-13-11(16)8-3-4-9-10(7-8)15-12(17)14-9/h3-4,7H,2,5-6H2,1H3,(H,13,16)(H2,14,15,17). The van der Waals surface area contributed by atoms with Crippen molar-refractivity contribution in [2.45, 2.75) is 6.42 Å². The Morgan fingerprint density at radius 1 is 1.33 bits per heavy atom. The van der Waals surface area contributed by atoms with Gasteiger partial charge in [0.05, 0.1) is 11.0 Å². The molecule has 2 rings (SSSR count). The van der Waals surface area contributed by atoms with Gasteiger partial charge in [-0.1, -0.05) is 0 Å². The molecule has 0 saturated heterocycles. The van der Waals surface area contributed by atoms with Gasteiger partial charge in [-0.15, -0.1) is 0 Å². The number of imidazole rings is 1. The zero-order valence-electron chi connectivity index (χ0n) is 10.1. The summed E-state index contributed by atoms with van der Waals surface area (Å²) in [6.07, 6.45) is 0.769. The number of nitrogens with one attached hydrogen (secondary N) is 3. The average molecular weight is 249 g/mol. The number of aromatic amines is 2. The molecule has 6 nitrogen and oxygen atoms in total. The molecule has 0 radical (unpaired) electrons. The molecule has 18 heavy (non-hydrogen) atoms. The van der Waals surface area contributed by atoms with Gasteiger partial charge in [0.2, 0.25) is 0 Å². The lowest BCUT2D eigenvalue weighted by Crippen LogP contribution is -2.25. The number of carbonyl (C=O) groups is 1. The first-order valence-electron chi connectivity index (χ1n) is 5.70. The van der Waals surface area contributed by atoms with Crippen LogP contribution in [0.4, 0.5) is 0 Å². The van der Waals surface area contributed by atoms with Crippen LogP contribution in [-0.4, -0.2) is 36.1 Å². The molecular formula is C12H15N3O3. The summed E-state index contributed by atoms with van der Waals surface area (Å²) >= 11 is 0. The topological polar surface area (TPSA) is 87.0 Å². The molecule has 3 N–H and O–H groups in total. The molecule has 0 spiro atoms. The van der Waals surface area contributed by atoms with Gasteiger partial charge in [-0.25, -0.2) is 4.79 Å². The van der Waals surface area contributed by atoms with Crippen LogP contribution in [0.2, 0.25) is 0 Å². The number of H-pyrrole nitrogens is 2. The summed E-state index contributed by atoms with van der Waals surface area (Å²) in [5.74, 6) is -0.157. The monoisotopic (exact) mass is 249 g/mol. The maximum Gasteiger partial charge on any atom is 0.323 e. The van der Waals surface area contributed by atoms with Gasteiger partial charge >= 0.3 is 5.69 Å². The molecule has 0 aliphatic heterocycles. The Balaban J connectivity index is 2.05. The molecule has 0 aliphatic carbocycles. The molecule has 0 aliphatic rings. The van der Waals surface area contributed by atoms with Crippen molar-refractivity contribution in [1.82, 2.24) is 15.3 Å². The van der Waals surface area contributed by atoms with Crippen LogP contribution in [0.3, 0.4) is 0 Å². The molecule has 96 valence electrons. The molecule has 0 unspecified atom stereocenters. The summed E-state index contributed by atoms with van der Waals surface area (Å²) in [6.45, 7) is 1.18. The number of hydrogen-bond donors (Lipinski definition) is 3. The van der Waals surface area contributed by atoms with Gasteiger partial charge in [-0.3, -0.25) is 4.79 Å². The minimum atomic E-state index is -0.275. The average Bonchev–Trinajstić information content (AvgIpc) is 2.73. The lowest BCUT2D eigenvalue weighted by atomic mass is 10.2. The van der Waals surface area contributed by atoms with Crippen molar-refractivity contribution in [2.75, 3.05) is 20.3 Å². The maximum atomic E-state index is 11.8. The lowest BCUT2D eigenvalue weighted by Gasteiger charge is -2.04. The van der Waals surface area contributed by atoms with Crippen LogP contribution in [0, 0.1) is 0 Å². The number of hydrogen-bond acceptors (Lipinski definition) is 3. The number of amides is 1. The third-order valence-corrected chi connectivity index (χ3v) is 2.59. The molecule has 0 saturated carbocycles. The van der Waals surface area contributed by atoms with Crippen molar-refractivity contribution in [3.05, 3.63) is 34.2 Å². The predicted molar refractivity (Wildman–Crippen MR) is 67.7 cm³/mol. The third-order valence-electron chi connectivity index (χ3n) is 2.59. The van der Waals surface area contributed by atoms with E-state index in [1.54, 1.807) is 25.3 Å². The summed E-state index contributed by atoms with van der Waals surface area (Å²) < 4.78 is 4.89. The van der Waals surface area contributed by atoms with E-state index in [1.807, 2.05) is 0 Å². The Bertz CT molecular complexity index is 600. The van der Waals surface area contributed by atoms with Gasteiger partial charge in [0, 0.05) is 25.8 Å². The molecule has 1 amide bonds. The van der Waals surface area contributed by atoms with Crippen LogP contribution >= 0.6 is 0 Å². The summed E-state index contributed by atoms with van der Waals surface area (Å²) in [4.78, 5) is 28.1. The first-order valence-corrected chi connectivity index (χ1v) is 5.70. The van der Waals surface area contributed by atoms with E-state index in [0.29, 0.717) is 29.7 Å². The first-order chi connectivity index (χ1) is 8.70. The molecule has 0 fully saturated rings. The Hall–Kier alpha value is -2.08. The highest BCUT2D eigenvalue weighted by Crippen LogP contribution is 2.09. The van der Waals surface area contributed by atoms with Crippen molar-refractivity contribution in [3.8, 4) is 0 Å². The summed E-state index contributed by atoms with van der Waals surface area (Å²) in [5, 5.41) is 2.78. The Morgan fingerprint density at radius 3 is 2.89 bits per heavy atom. The first kappa shape index (κ1) is 12.4. The van der Waals surface area contributed by atoms with Crippen LogP contribution in [0.5, 0.6) is 0 Å². The van der Waals surface area contributed by atoms with E-state index in [1.165, 1.54) is 0 Å². The second kappa shape index (κ2) is 5.50. The van der Waals surface area contributed by atoms with Crippen molar-refractivity contribution in [2.24, 2.45) is 0 Å². The summed E-state index contributed by atoms with van der Waals surface area (Å²) in [6, 6.07) is 5.04. The molecule has 1 aromatic carbocycles. The van der Waals surface area contributed by atoms with Crippen LogP contribution in [0.25, 0.3) is 11.0 Å². The second-order valence-electron chi connectivity index (χ2n) is 3.94. The molecule has 2 aromatic rings. The third kappa shape index (κ3) is 2.78. The minimum absolute atomic E-state index is 0.157. The van der Waals surface area contributed by atoms with Crippen LogP contribution in [-0.2, 0) is 4.74 Å². The number of rotatable bonds is 5. The number of ether oxygens (including phenoxy) is 1. The number of fused-ring (bicyclic) bond motifs is 1. The smallest absolute Gasteiger partial charge is 0.323 e. The molecule has 0 atom stereocenters. The lowest BCUT2D eigenvalue weighted by molar-refractivity contribution is 0.0948. The zero-order valence-corrected chi connectivity index (χ0v) is 10.1. The highest BCUT2D eigenvalue weighted by molar-refractivity contribution is 5.97. The fraction of sp³-hybridized carbons (Fsp3) is 0.333. The van der Waals surface area contributed by atoms with Crippen LogP contribution in [0.15, 0.2) is 23.0 Å². The number of carbonyl (C=O) groups excluding carboxylic acids is 1. The Kier molecular flexibility index (Phi) is 3.78. The van der Waals surface area contributed by atoms with E-state index in [4.69, 9.17) is 4.74 Å². The van der Waals surface area contributed by atoms with E-state index in [0.717, 1.165) is 6.42 Å². The van der Waals surface area contributed by atoms with Gasteiger partial charge in [0.25, 0.3) is 5.91 Å². The van der Waals surface area contributed by atoms with Crippen molar-refractivity contribution in [3.63, 3.8) is 0 Å². The minimum Gasteiger partial charge on any atom is -0.385 e. The van der Waals surface area contributed by atoms with Crippen LogP contribution < -0.4 is 11.0 Å². The van der Waals surface area contributed by atoms with E-state index in [2.05, 4.69) is 15.3 Å². The predicted octanol–water partition coefficient (Wildman–Crippen LogP) is 0.622. The molecule has 6 heteroatoms. The van der Waals surface area contributed by atoms with E-state index in [-0.39, 0.29) is 11.6 Å². The number of benzene rings is 1. The molecule has 1 heterocycles. The SMILES string of the molecule is COCCCNC(=O)c1ccc2[nH]c(=O)[nH]c2c1. The normalized spacial score (nSPS) is 10.7. The quantitative estimate of drug-likeness (QED) is 0.679. The number of methoxy groups -OCH3 is 1. The summed E-state index contributed by atoms with van der Waals surface area (Å²) in [7, 11) is 1.62. The van der Waals surface area contributed by atoms with Crippen molar-refractivity contribution < 1.29 is 9.53 Å². The fourth-order valence-corrected chi connectivity index (χ4v) is 1.69. The van der Waals surface area contributed by atoms with E-state index in [9.17, 15) is 9.59 Å². The molecule has 1 aromatic heterocycles. The van der Waals surface area contributed by atoms with E-state index >= 15 is 0 Å². The highest BCUT2D eigenvalue weighted by Gasteiger charge is 2.06. The second-order valence-corrected chi connectivity index (χ2v) is 3.94. The molecule has 0 bridgehead atoms. The van der Waals surface area contributed by atoms with Crippen molar-refractivity contribution >= 4 is 16.9 Å². The number of aromatic nitrogens is 2. The van der Waals surface area contributed by atoms with Crippen molar-refractivity contribution in [1.29, 1.82) is 0 Å². The molecular weight excluding hydrogens is 234 g/mol. The maximum absolute atomic E-state index is 11.8. The van der Waals surface area contributed by atoms with Gasteiger partial charge in [0.1, 0.15) is 0 Å². The van der Waals surface area contributed by atoms with Gasteiger partial charge in [-0.05, 0) is 24.6 Å². The zero-order chi connectivity index (χ0) is 13.0. The van der Waals surface area contributed by atoms with Gasteiger partial charge < -0.3 is 20.0 Å². The Labute approximate surface area is 103 Å². The van der Waals surface area contributed by atoms with E-state index < -0.39 is 0 Å². The largest absolute Gasteiger partial charge is 0.385 e. The van der Waals surface area contributed by atoms with Gasteiger partial charge in [-0.2, -0.15) is 0 Å². The highest BCUT2D eigenvalue weighted by atomic mass is 16.5. The summed E-state index contributed by atoms with van der Waals surface area (Å²) in [5.41, 5.74) is 1.57. The fourth-order valence-electron chi connectivity index (χ4n) is 1.69. The van der Waals surface area contributed by atoms with Gasteiger partial charge in [0.15, 0.2) is 0 Å².